The molecule has 0 saturated heterocycles. The van der Waals surface area contributed by atoms with E-state index in [1.165, 1.54) is 18.4 Å². The Labute approximate surface area is 196 Å². The van der Waals surface area contributed by atoms with Crippen LogP contribution in [0.2, 0.25) is 0 Å². The van der Waals surface area contributed by atoms with E-state index in [2.05, 4.69) is 11.4 Å². The van der Waals surface area contributed by atoms with Crippen molar-refractivity contribution in [3.8, 4) is 0 Å². The summed E-state index contributed by atoms with van der Waals surface area (Å²) < 4.78 is 5.63. The number of carbonyl (C=O) groups excluding carboxylic acids is 2. The van der Waals surface area contributed by atoms with E-state index in [1.54, 1.807) is 6.26 Å². The van der Waals surface area contributed by atoms with Gasteiger partial charge in [0, 0.05) is 12.1 Å². The van der Waals surface area contributed by atoms with Crippen LogP contribution >= 0.6 is 0 Å². The summed E-state index contributed by atoms with van der Waals surface area (Å²) in [4.78, 5) is 29.5. The number of hydrogen-bond acceptors (Lipinski definition) is 3. The van der Waals surface area contributed by atoms with Gasteiger partial charge in [0.25, 0.3) is 5.91 Å². The van der Waals surface area contributed by atoms with Crippen LogP contribution in [0.3, 0.4) is 0 Å². The minimum Gasteiger partial charge on any atom is -0.467 e. The summed E-state index contributed by atoms with van der Waals surface area (Å²) in [6.07, 6.45) is 14.6. The molecule has 3 aliphatic rings. The van der Waals surface area contributed by atoms with E-state index in [0.717, 1.165) is 62.7 Å². The summed E-state index contributed by atoms with van der Waals surface area (Å²) in [5.41, 5.74) is 2.49. The first-order valence-corrected chi connectivity index (χ1v) is 12.6. The maximum atomic E-state index is 13.8. The number of nitrogens with one attached hydrogen (secondary N) is 1. The summed E-state index contributed by atoms with van der Waals surface area (Å²) >= 11 is 0. The second kappa shape index (κ2) is 9.58. The monoisotopic (exact) mass is 446 g/mol. The zero-order valence-corrected chi connectivity index (χ0v) is 19.4. The van der Waals surface area contributed by atoms with Crippen molar-refractivity contribution in [3.05, 3.63) is 71.2 Å². The number of fused-ring (bicyclic) bond motifs is 1. The Morgan fingerprint density at radius 3 is 2.67 bits per heavy atom. The van der Waals surface area contributed by atoms with Gasteiger partial charge in [0.15, 0.2) is 0 Å². The summed E-state index contributed by atoms with van der Waals surface area (Å²) in [5, 5.41) is 3.27. The number of rotatable bonds is 6. The highest BCUT2D eigenvalue weighted by Crippen LogP contribution is 2.49. The van der Waals surface area contributed by atoms with Crippen LogP contribution in [0.25, 0.3) is 0 Å². The predicted molar refractivity (Wildman–Crippen MR) is 128 cm³/mol. The van der Waals surface area contributed by atoms with E-state index in [4.69, 9.17) is 4.42 Å². The molecule has 0 radical (unpaired) electrons. The smallest absolute Gasteiger partial charge is 0.255 e. The lowest BCUT2D eigenvalue weighted by Gasteiger charge is -2.53. The molecule has 1 spiro atoms. The Morgan fingerprint density at radius 2 is 1.91 bits per heavy atom. The maximum Gasteiger partial charge on any atom is 0.255 e. The van der Waals surface area contributed by atoms with Gasteiger partial charge in [-0.3, -0.25) is 9.59 Å². The molecule has 2 aromatic rings. The number of furan rings is 1. The SMILES string of the molecule is O=C(NCCC1=CCCCC1)[C@H]1c2ccccc2C(=O)N(Cc2ccco2)C12CCCCC2. The van der Waals surface area contributed by atoms with Crippen molar-refractivity contribution in [2.75, 3.05) is 6.54 Å². The van der Waals surface area contributed by atoms with Crippen molar-refractivity contribution in [3.63, 3.8) is 0 Å². The fourth-order valence-electron chi connectivity index (χ4n) is 6.21. The third kappa shape index (κ3) is 4.25. The van der Waals surface area contributed by atoms with Gasteiger partial charge < -0.3 is 14.6 Å². The molecule has 5 nitrogen and oxygen atoms in total. The van der Waals surface area contributed by atoms with Crippen molar-refractivity contribution in [1.29, 1.82) is 0 Å². The van der Waals surface area contributed by atoms with E-state index in [0.29, 0.717) is 18.7 Å². The van der Waals surface area contributed by atoms with Crippen LogP contribution in [0.1, 0.15) is 91.8 Å². The Hall–Kier alpha value is -2.82. The molecule has 1 aromatic carbocycles. The molecule has 0 unspecified atom stereocenters. The van der Waals surface area contributed by atoms with Crippen LogP contribution in [-0.2, 0) is 11.3 Å². The third-order valence-electron chi connectivity index (χ3n) is 7.83. The quantitative estimate of drug-likeness (QED) is 0.577. The standard InChI is InChI=1S/C28H34N2O3/c31-26(29-18-15-21-10-3-1-4-11-21)25-23-13-5-6-14-24(23)27(32)30(20-22-12-9-19-33-22)28(25)16-7-2-8-17-28/h5-6,9-10,12-14,19,25H,1-4,7-8,11,15-18,20H2,(H,29,31)/t25-/m1/s1. The Balaban J connectivity index is 1.47. The number of amides is 2. The predicted octanol–water partition coefficient (Wildman–Crippen LogP) is 5.73. The molecule has 1 aromatic heterocycles. The van der Waals surface area contributed by atoms with E-state index >= 15 is 0 Å². The van der Waals surface area contributed by atoms with E-state index in [9.17, 15) is 9.59 Å². The molecule has 1 fully saturated rings. The molecule has 1 N–H and O–H groups in total. The van der Waals surface area contributed by atoms with E-state index in [-0.39, 0.29) is 17.7 Å². The topological polar surface area (TPSA) is 62.6 Å². The van der Waals surface area contributed by atoms with Gasteiger partial charge >= 0.3 is 0 Å². The molecule has 1 aliphatic heterocycles. The largest absolute Gasteiger partial charge is 0.467 e. The average molecular weight is 447 g/mol. The van der Waals surface area contributed by atoms with Crippen molar-refractivity contribution in [1.82, 2.24) is 10.2 Å². The van der Waals surface area contributed by atoms with Gasteiger partial charge in [-0.2, -0.15) is 0 Å². The van der Waals surface area contributed by atoms with Crippen LogP contribution in [-0.4, -0.2) is 28.8 Å². The highest BCUT2D eigenvalue weighted by molar-refractivity contribution is 6.02. The molecule has 1 saturated carbocycles. The van der Waals surface area contributed by atoms with Gasteiger partial charge in [-0.25, -0.2) is 0 Å². The number of allylic oxidation sites excluding steroid dienone is 1. The van der Waals surface area contributed by atoms with Crippen LogP contribution in [0, 0.1) is 0 Å². The molecular weight excluding hydrogens is 412 g/mol. The Morgan fingerprint density at radius 1 is 1.06 bits per heavy atom. The van der Waals surface area contributed by atoms with Crippen LogP contribution < -0.4 is 5.32 Å². The molecular formula is C28H34N2O3. The van der Waals surface area contributed by atoms with E-state index < -0.39 is 5.54 Å². The van der Waals surface area contributed by atoms with E-state index in [1.807, 2.05) is 41.3 Å². The number of hydrogen-bond donors (Lipinski definition) is 1. The molecule has 174 valence electrons. The molecule has 2 amide bonds. The van der Waals surface area contributed by atoms with Gasteiger partial charge in [-0.05, 0) is 68.7 Å². The van der Waals surface area contributed by atoms with Crippen molar-refractivity contribution < 1.29 is 14.0 Å². The lowest BCUT2D eigenvalue weighted by molar-refractivity contribution is -0.127. The van der Waals surface area contributed by atoms with Gasteiger partial charge in [0.2, 0.25) is 5.91 Å². The minimum absolute atomic E-state index is 0.0142. The first-order valence-electron chi connectivity index (χ1n) is 12.6. The lowest BCUT2D eigenvalue weighted by atomic mass is 9.65. The molecule has 0 bridgehead atoms. The first kappa shape index (κ1) is 22.0. The van der Waals surface area contributed by atoms with Gasteiger partial charge in [-0.1, -0.05) is 49.1 Å². The van der Waals surface area contributed by atoms with Crippen LogP contribution in [0.5, 0.6) is 0 Å². The fourth-order valence-corrected chi connectivity index (χ4v) is 6.21. The zero-order valence-electron chi connectivity index (χ0n) is 19.4. The second-order valence-corrected chi connectivity index (χ2v) is 9.80. The highest BCUT2D eigenvalue weighted by Gasteiger charge is 2.54. The molecule has 33 heavy (non-hydrogen) atoms. The van der Waals surface area contributed by atoms with Gasteiger partial charge in [0.1, 0.15) is 5.76 Å². The van der Waals surface area contributed by atoms with Crippen LogP contribution in [0.15, 0.2) is 58.7 Å². The minimum atomic E-state index is -0.509. The van der Waals surface area contributed by atoms with Gasteiger partial charge in [0.05, 0.1) is 24.3 Å². The molecule has 5 rings (SSSR count). The molecule has 5 heteroatoms. The normalized spacial score (nSPS) is 22.1. The number of nitrogens with zero attached hydrogens (tertiary/aromatic N) is 1. The summed E-state index contributed by atoms with van der Waals surface area (Å²) in [7, 11) is 0. The van der Waals surface area contributed by atoms with Crippen molar-refractivity contribution >= 4 is 11.8 Å². The fraction of sp³-hybridized carbons (Fsp3) is 0.500. The Bertz CT molecular complexity index is 1020. The molecule has 2 heterocycles. The molecule has 1 atom stereocenters. The average Bonchev–Trinajstić information content (AvgIpc) is 3.37. The van der Waals surface area contributed by atoms with Crippen molar-refractivity contribution in [2.24, 2.45) is 0 Å². The number of carbonyl (C=O) groups is 2. The summed E-state index contributed by atoms with van der Waals surface area (Å²) in [5.74, 6) is 0.469. The maximum absolute atomic E-state index is 13.8. The first-order chi connectivity index (χ1) is 16.2. The molecule has 2 aliphatic carbocycles. The highest BCUT2D eigenvalue weighted by atomic mass is 16.3. The summed E-state index contributed by atoms with van der Waals surface area (Å²) in [6.45, 7) is 1.06. The van der Waals surface area contributed by atoms with Crippen LogP contribution in [0.4, 0.5) is 0 Å². The summed E-state index contributed by atoms with van der Waals surface area (Å²) in [6, 6.07) is 11.5. The Kier molecular flexibility index (Phi) is 6.39. The zero-order chi connectivity index (χ0) is 22.7. The lowest BCUT2D eigenvalue weighted by Crippen LogP contribution is -2.62. The van der Waals surface area contributed by atoms with Crippen molar-refractivity contribution in [2.45, 2.75) is 82.2 Å². The second-order valence-electron chi connectivity index (χ2n) is 9.80. The number of benzene rings is 1. The van der Waals surface area contributed by atoms with Gasteiger partial charge in [-0.15, -0.1) is 0 Å². The third-order valence-corrected chi connectivity index (χ3v) is 7.83.